The van der Waals surface area contributed by atoms with Gasteiger partial charge >= 0.3 is 0 Å². The number of thiophene rings is 1. The van der Waals surface area contributed by atoms with Crippen LogP contribution in [0.1, 0.15) is 56.0 Å². The summed E-state index contributed by atoms with van der Waals surface area (Å²) in [7, 11) is 0. The van der Waals surface area contributed by atoms with Crippen LogP contribution in [0.15, 0.2) is 51.6 Å². The van der Waals surface area contributed by atoms with Crippen molar-refractivity contribution in [3.8, 4) is 17.1 Å². The Kier molecular flexibility index (Phi) is 5.41. The van der Waals surface area contributed by atoms with Gasteiger partial charge in [-0.3, -0.25) is 9.59 Å². The van der Waals surface area contributed by atoms with Gasteiger partial charge in [0.2, 0.25) is 0 Å². The second-order valence-electron chi connectivity index (χ2n) is 8.81. The molecular weight excluding hydrogens is 466 g/mol. The van der Waals surface area contributed by atoms with E-state index >= 15 is 0 Å². The number of anilines is 1. The highest BCUT2D eigenvalue weighted by molar-refractivity contribution is 7.17. The summed E-state index contributed by atoms with van der Waals surface area (Å²) in [5.74, 6) is 1.40. The van der Waals surface area contributed by atoms with Crippen LogP contribution in [0.25, 0.3) is 11.3 Å². The number of rotatable bonds is 6. The molecule has 178 valence electrons. The molecule has 2 N–H and O–H groups in total. The van der Waals surface area contributed by atoms with E-state index in [1.165, 1.54) is 11.3 Å². The lowest BCUT2D eigenvalue weighted by Crippen LogP contribution is -2.25. The lowest BCUT2D eigenvalue weighted by atomic mass is 10.1. The molecule has 1 aliphatic carbocycles. The predicted octanol–water partition coefficient (Wildman–Crippen LogP) is 4.99. The van der Waals surface area contributed by atoms with Crippen LogP contribution in [0.2, 0.25) is 0 Å². The molecule has 4 heterocycles. The van der Waals surface area contributed by atoms with Crippen LogP contribution in [0.4, 0.5) is 5.00 Å². The number of ether oxygens (including phenoxy) is 1. The minimum atomic E-state index is -0.418. The van der Waals surface area contributed by atoms with Gasteiger partial charge in [0.15, 0.2) is 11.5 Å². The Labute approximate surface area is 205 Å². The summed E-state index contributed by atoms with van der Waals surface area (Å²) in [4.78, 5) is 27.2. The molecule has 1 aromatic carbocycles. The Hall–Kier alpha value is -3.85. The standard InChI is InChI=1S/C26H23N3O5S/c1-14-10-16-11-15(7-8-20(16)33-14)21-12-19(29-34-21)24(30)28-26-23(18-5-2-6-22(18)35-26)25(31)27-13-17-4-3-9-32-17/h3-4,7-9,11-12,14H,2,5-6,10,13H2,1H3,(H,27,31)(H,28,30)/t14-/m1/s1. The first kappa shape index (κ1) is 21.7. The van der Waals surface area contributed by atoms with E-state index in [1.807, 2.05) is 25.1 Å². The van der Waals surface area contributed by atoms with Gasteiger partial charge in [-0.25, -0.2) is 0 Å². The Bertz CT molecular complexity index is 1420. The summed E-state index contributed by atoms with van der Waals surface area (Å²) >= 11 is 1.45. The summed E-state index contributed by atoms with van der Waals surface area (Å²) in [6.45, 7) is 2.31. The zero-order chi connectivity index (χ0) is 23.9. The number of fused-ring (bicyclic) bond motifs is 2. The number of benzene rings is 1. The maximum atomic E-state index is 13.1. The summed E-state index contributed by atoms with van der Waals surface area (Å²) in [6, 6.07) is 11.0. The highest BCUT2D eigenvalue weighted by Gasteiger charge is 2.28. The van der Waals surface area contributed by atoms with Gasteiger partial charge in [0.25, 0.3) is 11.8 Å². The SMILES string of the molecule is C[C@@H]1Cc2cc(-c3cc(C(=O)Nc4sc5c(c4C(=O)NCc4ccco4)CCC5)no3)ccc2O1. The molecule has 0 radical (unpaired) electrons. The van der Waals surface area contributed by atoms with Crippen LogP contribution in [-0.4, -0.2) is 23.1 Å². The molecule has 2 amide bonds. The number of nitrogens with zero attached hydrogens (tertiary/aromatic N) is 1. The number of carbonyl (C=O) groups excluding carboxylic acids is 2. The molecule has 0 saturated carbocycles. The quantitative estimate of drug-likeness (QED) is 0.395. The molecule has 8 nitrogen and oxygen atoms in total. The van der Waals surface area contributed by atoms with Crippen molar-refractivity contribution in [2.45, 2.75) is 45.3 Å². The Morgan fingerprint density at radius 2 is 2.09 bits per heavy atom. The van der Waals surface area contributed by atoms with Crippen LogP contribution in [0.3, 0.4) is 0 Å². The van der Waals surface area contributed by atoms with E-state index in [-0.39, 0.29) is 24.2 Å². The van der Waals surface area contributed by atoms with E-state index in [0.717, 1.165) is 53.0 Å². The third kappa shape index (κ3) is 4.12. The van der Waals surface area contributed by atoms with E-state index in [2.05, 4.69) is 15.8 Å². The first-order valence-electron chi connectivity index (χ1n) is 11.6. The van der Waals surface area contributed by atoms with E-state index in [9.17, 15) is 9.59 Å². The molecule has 0 spiro atoms. The monoisotopic (exact) mass is 489 g/mol. The molecule has 9 heteroatoms. The van der Waals surface area contributed by atoms with Gasteiger partial charge < -0.3 is 24.3 Å². The van der Waals surface area contributed by atoms with Crippen molar-refractivity contribution in [1.82, 2.24) is 10.5 Å². The van der Waals surface area contributed by atoms with Crippen molar-refractivity contribution in [2.24, 2.45) is 0 Å². The van der Waals surface area contributed by atoms with E-state index in [1.54, 1.807) is 24.5 Å². The smallest absolute Gasteiger partial charge is 0.278 e. The second-order valence-corrected chi connectivity index (χ2v) is 9.91. The zero-order valence-corrected chi connectivity index (χ0v) is 19.9. The third-order valence-electron chi connectivity index (χ3n) is 6.30. The maximum absolute atomic E-state index is 13.1. The Balaban J connectivity index is 1.21. The number of aryl methyl sites for hydroxylation is 1. The molecule has 4 aromatic rings. The number of carbonyl (C=O) groups is 2. The molecule has 1 aliphatic heterocycles. The highest BCUT2D eigenvalue weighted by Crippen LogP contribution is 2.39. The molecule has 2 aliphatic rings. The normalized spacial score (nSPS) is 16.0. The number of amides is 2. The Morgan fingerprint density at radius 3 is 2.94 bits per heavy atom. The number of aromatic nitrogens is 1. The van der Waals surface area contributed by atoms with Crippen molar-refractivity contribution in [2.75, 3.05) is 5.32 Å². The minimum absolute atomic E-state index is 0.147. The number of nitrogens with one attached hydrogen (secondary N) is 2. The van der Waals surface area contributed by atoms with Crippen molar-refractivity contribution in [3.05, 3.63) is 75.7 Å². The minimum Gasteiger partial charge on any atom is -0.490 e. The topological polar surface area (TPSA) is 107 Å². The molecule has 3 aromatic heterocycles. The van der Waals surface area contributed by atoms with E-state index in [4.69, 9.17) is 13.7 Å². The van der Waals surface area contributed by atoms with Gasteiger partial charge in [0, 0.05) is 22.9 Å². The molecule has 6 rings (SSSR count). The second kappa shape index (κ2) is 8.74. The van der Waals surface area contributed by atoms with Crippen LogP contribution >= 0.6 is 11.3 Å². The van der Waals surface area contributed by atoms with Gasteiger partial charge in [-0.05, 0) is 67.6 Å². The molecule has 1 atom stereocenters. The summed E-state index contributed by atoms with van der Waals surface area (Å²) in [5, 5.41) is 10.3. The number of furan rings is 1. The van der Waals surface area contributed by atoms with Gasteiger partial charge in [0.1, 0.15) is 22.6 Å². The van der Waals surface area contributed by atoms with Crippen LogP contribution in [-0.2, 0) is 25.8 Å². The fourth-order valence-corrected chi connectivity index (χ4v) is 5.94. The average Bonchev–Trinajstić information content (AvgIpc) is 3.65. The van der Waals surface area contributed by atoms with Crippen LogP contribution < -0.4 is 15.4 Å². The van der Waals surface area contributed by atoms with Crippen molar-refractivity contribution >= 4 is 28.2 Å². The van der Waals surface area contributed by atoms with Crippen LogP contribution in [0, 0.1) is 0 Å². The fourth-order valence-electron chi connectivity index (χ4n) is 4.66. The van der Waals surface area contributed by atoms with Gasteiger partial charge in [-0.2, -0.15) is 0 Å². The van der Waals surface area contributed by atoms with Crippen LogP contribution in [0.5, 0.6) is 5.75 Å². The molecule has 0 bridgehead atoms. The molecule has 0 fully saturated rings. The largest absolute Gasteiger partial charge is 0.490 e. The Morgan fingerprint density at radius 1 is 1.17 bits per heavy atom. The number of hydrogen-bond donors (Lipinski definition) is 2. The first-order chi connectivity index (χ1) is 17.0. The lowest BCUT2D eigenvalue weighted by Gasteiger charge is -2.08. The predicted molar refractivity (Wildman–Crippen MR) is 130 cm³/mol. The van der Waals surface area contributed by atoms with Crippen molar-refractivity contribution in [1.29, 1.82) is 0 Å². The average molecular weight is 490 g/mol. The van der Waals surface area contributed by atoms with Crippen molar-refractivity contribution in [3.63, 3.8) is 0 Å². The zero-order valence-electron chi connectivity index (χ0n) is 19.1. The van der Waals surface area contributed by atoms with Crippen molar-refractivity contribution < 1.29 is 23.3 Å². The maximum Gasteiger partial charge on any atom is 0.278 e. The summed E-state index contributed by atoms with van der Waals surface area (Å²) in [6.07, 6.45) is 5.28. The van der Waals surface area contributed by atoms with Gasteiger partial charge in [-0.1, -0.05) is 5.16 Å². The summed E-state index contributed by atoms with van der Waals surface area (Å²) in [5.41, 5.74) is 3.63. The van der Waals surface area contributed by atoms with Gasteiger partial charge in [0.05, 0.1) is 18.4 Å². The molecule has 35 heavy (non-hydrogen) atoms. The highest BCUT2D eigenvalue weighted by atomic mass is 32.1. The summed E-state index contributed by atoms with van der Waals surface area (Å²) < 4.78 is 16.5. The fraction of sp³-hybridized carbons (Fsp3) is 0.269. The molecule has 0 saturated heterocycles. The number of hydrogen-bond acceptors (Lipinski definition) is 7. The van der Waals surface area contributed by atoms with E-state index in [0.29, 0.717) is 22.1 Å². The first-order valence-corrected chi connectivity index (χ1v) is 12.4. The van der Waals surface area contributed by atoms with E-state index < -0.39 is 5.91 Å². The third-order valence-corrected chi connectivity index (χ3v) is 7.51. The molecular formula is C26H23N3O5S. The lowest BCUT2D eigenvalue weighted by molar-refractivity contribution is 0.0948. The van der Waals surface area contributed by atoms with Gasteiger partial charge in [-0.15, -0.1) is 11.3 Å². The molecule has 0 unspecified atom stereocenters.